The van der Waals surface area contributed by atoms with E-state index < -0.39 is 224 Å². The van der Waals surface area contributed by atoms with Crippen molar-refractivity contribution in [2.75, 3.05) is 14.7 Å². The van der Waals surface area contributed by atoms with Crippen LogP contribution in [0.1, 0.15) is 108 Å². The van der Waals surface area contributed by atoms with Crippen molar-refractivity contribution in [1.82, 2.24) is 0 Å². The highest BCUT2D eigenvalue weighted by Gasteiger charge is 2.48. The van der Waals surface area contributed by atoms with Gasteiger partial charge in [-0.3, -0.25) is 0 Å². The van der Waals surface area contributed by atoms with E-state index in [1.54, 1.807) is 139 Å². The van der Waals surface area contributed by atoms with E-state index in [1.165, 1.54) is 12.1 Å². The van der Waals surface area contributed by atoms with Crippen molar-refractivity contribution in [2.45, 2.75) is 99.3 Å². The summed E-state index contributed by atoms with van der Waals surface area (Å²) < 4.78 is 397. The van der Waals surface area contributed by atoms with E-state index in [9.17, 15) is 65.9 Å². The fraction of sp³-hybridized carbons (Fsp3) is 0.172. The van der Waals surface area contributed by atoms with Crippen LogP contribution in [0.15, 0.2) is 109 Å². The van der Waals surface area contributed by atoms with Gasteiger partial charge in [-0.1, -0.05) is 138 Å². The number of hydrogen-bond acceptors (Lipinski definition) is 3. The molecule has 606 valence electrons. The van der Waals surface area contributed by atoms with Gasteiger partial charge >= 0.3 is 0 Å². The first-order chi connectivity index (χ1) is 54.6. The number of para-hydroxylation sites is 2. The van der Waals surface area contributed by atoms with Gasteiger partial charge in [-0.2, -0.15) is 0 Å². The van der Waals surface area contributed by atoms with Gasteiger partial charge in [0.25, 0.3) is 0 Å². The van der Waals surface area contributed by atoms with E-state index >= 15 is 52.7 Å². The Hall–Kier alpha value is -11.9. The second-order valence-corrected chi connectivity index (χ2v) is 29.7. The second-order valence-electron chi connectivity index (χ2n) is 29.7. The average molecular weight is 1650 g/mol. The molecule has 30 heteroatoms. The Bertz CT molecular complexity index is 5970. The van der Waals surface area contributed by atoms with Gasteiger partial charge < -0.3 is 14.7 Å². The van der Waals surface area contributed by atoms with Crippen molar-refractivity contribution in [3.8, 4) is 33.4 Å². The predicted molar refractivity (Wildman–Crippen MR) is 383 cm³/mol. The second kappa shape index (κ2) is 29.1. The van der Waals surface area contributed by atoms with Crippen LogP contribution >= 0.6 is 0 Å². The summed E-state index contributed by atoms with van der Waals surface area (Å²) in [6.45, 7) is 21.4. The van der Waals surface area contributed by atoms with Crippen LogP contribution in [0.2, 0.25) is 0 Å². The third-order valence-electron chi connectivity index (χ3n) is 21.3. The van der Waals surface area contributed by atoms with Crippen molar-refractivity contribution in [2.24, 2.45) is 0 Å². The van der Waals surface area contributed by atoms with Crippen molar-refractivity contribution < 1.29 is 119 Å². The number of hydrogen-bond donors (Lipinski definition) is 0. The first-order valence-electron chi connectivity index (χ1n) is 34.8. The first-order valence-corrected chi connectivity index (χ1v) is 34.8. The zero-order chi connectivity index (χ0) is 86.1. The molecule has 12 aromatic rings. The molecule has 0 atom stereocenters. The largest absolute Gasteiger partial charge is 0.304 e. The lowest BCUT2D eigenvalue weighted by Gasteiger charge is -2.43. The highest BCUT2D eigenvalue weighted by atomic mass is 19.2. The summed E-state index contributed by atoms with van der Waals surface area (Å²) in [6.07, 6.45) is 0. The summed E-state index contributed by atoms with van der Waals surface area (Å²) in [5.41, 5.74) is -10.2. The van der Waals surface area contributed by atoms with Crippen LogP contribution in [0, 0.1) is 199 Å². The van der Waals surface area contributed by atoms with E-state index in [-0.39, 0.29) is 34.1 Å². The molecule has 3 aliphatic rings. The number of fused-ring (bicyclic) bond motifs is 6. The lowest BCUT2D eigenvalue weighted by molar-refractivity contribution is 0.379. The standard InChI is InChI=1S/3C29H18F9N/c1-11-5-7-15-13(9-11)29(3,4)14-10-12(2)6-8-16(14)39(15)28-26(37)21(32)18(22(33)27(28)38)17-19(30)23(34)25(36)24(35)20(17)31;1-11-5-7-13-15(9-11)39(16-10-12(2)6-8-14(16)29(13,3)4)28-26(37)21(32)18(22(33)27(28)38)17-19(30)23(34)25(36)24(35)20(17)31;1-11-7-5-9-13-26(11)39(27-12(2)8-6-10-14(27)29(13,3)4)28-24(37)19(32)16(20(33)25(28)38)15-17(30)21(34)23(36)22(35)18(15)31/h3*5-10H,1-4H3. The van der Waals surface area contributed by atoms with Gasteiger partial charge in [-0.25, -0.2) is 119 Å². The summed E-state index contributed by atoms with van der Waals surface area (Å²) in [5.74, 6) is -65.3. The van der Waals surface area contributed by atoms with Crippen molar-refractivity contribution in [3.05, 3.63) is 333 Å². The molecule has 0 aromatic heterocycles. The number of rotatable bonds is 6. The minimum atomic E-state index is -2.61. The summed E-state index contributed by atoms with van der Waals surface area (Å²) in [4.78, 5) is 2.88. The van der Waals surface area contributed by atoms with Gasteiger partial charge in [0.05, 0.1) is 67.5 Å². The van der Waals surface area contributed by atoms with E-state index in [1.807, 2.05) is 41.5 Å². The van der Waals surface area contributed by atoms with Crippen LogP contribution in [-0.4, -0.2) is 0 Å². The summed E-state index contributed by atoms with van der Waals surface area (Å²) in [6, 6.07) is 29.8. The Labute approximate surface area is 647 Å². The number of benzene rings is 12. The van der Waals surface area contributed by atoms with Crippen molar-refractivity contribution in [1.29, 1.82) is 0 Å². The van der Waals surface area contributed by atoms with Crippen molar-refractivity contribution in [3.63, 3.8) is 0 Å². The maximum atomic E-state index is 15.8. The molecule has 3 heterocycles. The third-order valence-corrected chi connectivity index (χ3v) is 21.3. The number of anilines is 9. The molecule has 117 heavy (non-hydrogen) atoms. The summed E-state index contributed by atoms with van der Waals surface area (Å²) in [7, 11) is 0. The maximum Gasteiger partial charge on any atom is 0.200 e. The Balaban J connectivity index is 0.000000152. The van der Waals surface area contributed by atoms with Gasteiger partial charge in [0, 0.05) is 16.2 Å². The quantitative estimate of drug-likeness (QED) is 0.0933. The molecular weight excluding hydrogens is 1600 g/mol. The SMILES string of the molecule is Cc1ccc2c(c1)C(C)(C)c1cc(C)ccc1N2c1c(F)c(F)c(-c2c(F)c(F)c(F)c(F)c2F)c(F)c1F.Cc1ccc2c(c1)N(c1c(F)c(F)c(-c3c(F)c(F)c(F)c(F)c3F)c(F)c1F)c1cc(C)ccc1C2(C)C.Cc1cccc2c1N(c1c(F)c(F)c(-c3c(F)c(F)c(F)c(F)c3F)c(F)c1F)c1c(C)cccc1C2(C)C. The molecule has 0 radical (unpaired) electrons. The van der Waals surface area contributed by atoms with Gasteiger partial charge in [0.2, 0.25) is 17.5 Å². The van der Waals surface area contributed by atoms with Crippen molar-refractivity contribution >= 4 is 51.2 Å². The summed E-state index contributed by atoms with van der Waals surface area (Å²) >= 11 is 0. The highest BCUT2D eigenvalue weighted by Crippen LogP contribution is 2.60. The van der Waals surface area contributed by atoms with Crippen LogP contribution in [0.3, 0.4) is 0 Å². The van der Waals surface area contributed by atoms with Gasteiger partial charge in [0.1, 0.15) is 17.1 Å². The Kier molecular flexibility index (Phi) is 20.7. The number of aryl methyl sites for hydroxylation is 6. The molecule has 15 rings (SSSR count). The average Bonchev–Trinajstić information content (AvgIpc) is 0.726. The lowest BCUT2D eigenvalue weighted by Crippen LogP contribution is -2.33. The zero-order valence-corrected chi connectivity index (χ0v) is 62.4. The molecule has 0 spiro atoms. The molecule has 0 saturated carbocycles. The normalized spacial score (nSPS) is 13.9. The predicted octanol–water partition coefficient (Wildman–Crippen LogP) is 28.0. The van der Waals surface area contributed by atoms with Gasteiger partial charge in [0.15, 0.2) is 140 Å². The fourth-order valence-electron chi connectivity index (χ4n) is 15.4. The molecule has 0 aliphatic carbocycles. The van der Waals surface area contributed by atoms with Gasteiger partial charge in [-0.05, 0) is 121 Å². The van der Waals surface area contributed by atoms with E-state index in [4.69, 9.17) is 0 Å². The third kappa shape index (κ3) is 12.4. The first kappa shape index (κ1) is 83.1. The minimum Gasteiger partial charge on any atom is -0.304 e. The maximum absolute atomic E-state index is 15.8. The Morgan fingerprint density at radius 2 is 0.385 bits per heavy atom. The lowest BCUT2D eigenvalue weighted by atomic mass is 9.72. The number of nitrogens with zero attached hydrogens (tertiary/aromatic N) is 3. The van der Waals surface area contributed by atoms with Gasteiger partial charge in [-0.15, -0.1) is 0 Å². The topological polar surface area (TPSA) is 9.72 Å². The van der Waals surface area contributed by atoms with Crippen LogP contribution in [0.25, 0.3) is 33.4 Å². The zero-order valence-electron chi connectivity index (χ0n) is 62.4. The smallest absolute Gasteiger partial charge is 0.200 e. The van der Waals surface area contributed by atoms with Crippen LogP contribution in [0.5, 0.6) is 0 Å². The molecule has 0 bridgehead atoms. The fourth-order valence-corrected chi connectivity index (χ4v) is 15.4. The van der Waals surface area contributed by atoms with E-state index in [0.29, 0.717) is 55.6 Å². The monoisotopic (exact) mass is 1650 g/mol. The molecule has 0 saturated heterocycles. The van der Waals surface area contributed by atoms with E-state index in [0.717, 1.165) is 25.8 Å². The Morgan fingerprint density at radius 3 is 0.658 bits per heavy atom. The van der Waals surface area contributed by atoms with E-state index in [2.05, 4.69) is 0 Å². The molecule has 0 fully saturated rings. The van der Waals surface area contributed by atoms with Crippen LogP contribution < -0.4 is 14.7 Å². The molecule has 0 amide bonds. The molecule has 0 unspecified atom stereocenters. The van der Waals surface area contributed by atoms with Crippen LogP contribution in [-0.2, 0) is 16.2 Å². The number of halogens is 27. The molecule has 3 nitrogen and oxygen atoms in total. The summed E-state index contributed by atoms with van der Waals surface area (Å²) in [5, 5.41) is 0. The highest BCUT2D eigenvalue weighted by molar-refractivity contribution is 5.93. The minimum absolute atomic E-state index is 0.169. The molecular formula is C87H54F27N3. The molecule has 0 N–H and O–H groups in total. The molecule has 12 aromatic carbocycles. The molecule has 3 aliphatic heterocycles. The Morgan fingerprint density at radius 1 is 0.179 bits per heavy atom. The van der Waals surface area contributed by atoms with Crippen LogP contribution in [0.4, 0.5) is 170 Å².